The van der Waals surface area contributed by atoms with E-state index in [1.54, 1.807) is 0 Å². The molecule has 1 saturated heterocycles. The molecule has 4 nitrogen and oxygen atoms in total. The molecule has 0 aromatic carbocycles. The normalized spacial score (nSPS) is 17.7. The smallest absolute Gasteiger partial charge is 0.222 e. The third-order valence-corrected chi connectivity index (χ3v) is 2.45. The van der Waals surface area contributed by atoms with Crippen LogP contribution in [0.1, 0.15) is 12.8 Å². The van der Waals surface area contributed by atoms with Crippen molar-refractivity contribution >= 4 is 18.3 Å². The number of halogens is 1. The van der Waals surface area contributed by atoms with E-state index < -0.39 is 0 Å². The third-order valence-electron chi connectivity index (χ3n) is 2.45. The maximum absolute atomic E-state index is 11.5. The summed E-state index contributed by atoms with van der Waals surface area (Å²) in [5.41, 5.74) is 5.35. The number of carbonyl (C=O) groups excluding carboxylic acids is 1. The molecule has 1 heterocycles. The molecule has 1 fully saturated rings. The van der Waals surface area contributed by atoms with E-state index >= 15 is 0 Å². The van der Waals surface area contributed by atoms with Crippen molar-refractivity contribution in [3.63, 3.8) is 0 Å². The van der Waals surface area contributed by atoms with Crippen LogP contribution in [0.3, 0.4) is 0 Å². The van der Waals surface area contributed by atoms with Gasteiger partial charge < -0.3 is 15.5 Å². The number of hydrogen-bond donors (Lipinski definition) is 1. The molecule has 1 aliphatic rings. The Kier molecular flexibility index (Phi) is 6.87. The van der Waals surface area contributed by atoms with Gasteiger partial charge in [-0.05, 0) is 20.0 Å². The van der Waals surface area contributed by atoms with Gasteiger partial charge in [0, 0.05) is 32.6 Å². The van der Waals surface area contributed by atoms with Crippen LogP contribution in [0.15, 0.2) is 0 Å². The molecule has 5 heteroatoms. The molecule has 0 spiro atoms. The van der Waals surface area contributed by atoms with Crippen LogP contribution >= 0.6 is 12.4 Å². The Morgan fingerprint density at radius 2 is 1.86 bits per heavy atom. The standard InChI is InChI=1S/C9H19N3O.ClH/c1-11-5-7-12(8-6-11)9(13)3-2-4-10;/h2-8,10H2,1H3;1H. The lowest BCUT2D eigenvalue weighted by Gasteiger charge is -2.32. The lowest BCUT2D eigenvalue weighted by molar-refractivity contribution is -0.132. The first kappa shape index (κ1) is 13.7. The molecule has 1 amide bonds. The van der Waals surface area contributed by atoms with Crippen molar-refractivity contribution in [2.45, 2.75) is 12.8 Å². The molecular formula is C9H20ClN3O. The van der Waals surface area contributed by atoms with Crippen LogP contribution in [0.4, 0.5) is 0 Å². The van der Waals surface area contributed by atoms with Crippen LogP contribution < -0.4 is 5.73 Å². The molecule has 0 aromatic heterocycles. The minimum Gasteiger partial charge on any atom is -0.340 e. The van der Waals surface area contributed by atoms with Crippen molar-refractivity contribution in [2.75, 3.05) is 39.8 Å². The summed E-state index contributed by atoms with van der Waals surface area (Å²) in [6, 6.07) is 0. The monoisotopic (exact) mass is 221 g/mol. The fraction of sp³-hybridized carbons (Fsp3) is 0.889. The molecule has 0 saturated carbocycles. The van der Waals surface area contributed by atoms with Gasteiger partial charge >= 0.3 is 0 Å². The van der Waals surface area contributed by atoms with Crippen LogP contribution in [0.2, 0.25) is 0 Å². The maximum atomic E-state index is 11.5. The first-order valence-corrected chi connectivity index (χ1v) is 4.90. The summed E-state index contributed by atoms with van der Waals surface area (Å²) >= 11 is 0. The van der Waals surface area contributed by atoms with Crippen LogP contribution in [0, 0.1) is 0 Å². The van der Waals surface area contributed by atoms with Crippen LogP contribution in [-0.4, -0.2) is 55.5 Å². The highest BCUT2D eigenvalue weighted by molar-refractivity contribution is 5.85. The molecule has 0 radical (unpaired) electrons. The van der Waals surface area contributed by atoms with Crippen molar-refractivity contribution in [2.24, 2.45) is 5.73 Å². The highest BCUT2D eigenvalue weighted by Gasteiger charge is 2.17. The van der Waals surface area contributed by atoms with Gasteiger partial charge in [0.2, 0.25) is 5.91 Å². The molecule has 84 valence electrons. The van der Waals surface area contributed by atoms with Gasteiger partial charge in [-0.25, -0.2) is 0 Å². The molecule has 0 atom stereocenters. The Morgan fingerprint density at radius 1 is 1.29 bits per heavy atom. The summed E-state index contributed by atoms with van der Waals surface area (Å²) in [4.78, 5) is 15.7. The van der Waals surface area contributed by atoms with Gasteiger partial charge in [0.25, 0.3) is 0 Å². The Labute approximate surface area is 91.8 Å². The molecule has 0 aliphatic carbocycles. The van der Waals surface area contributed by atoms with Crippen molar-refractivity contribution in [1.82, 2.24) is 9.80 Å². The molecule has 14 heavy (non-hydrogen) atoms. The summed E-state index contributed by atoms with van der Waals surface area (Å²) in [7, 11) is 2.09. The minimum absolute atomic E-state index is 0. The number of piperazine rings is 1. The molecule has 1 aliphatic heterocycles. The Bertz CT molecular complexity index is 169. The zero-order valence-corrected chi connectivity index (χ0v) is 9.55. The van der Waals surface area contributed by atoms with Gasteiger partial charge in [-0.1, -0.05) is 0 Å². The average molecular weight is 222 g/mol. The largest absolute Gasteiger partial charge is 0.340 e. The summed E-state index contributed by atoms with van der Waals surface area (Å²) < 4.78 is 0. The second-order valence-corrected chi connectivity index (χ2v) is 3.58. The second kappa shape index (κ2) is 7.04. The number of carbonyl (C=O) groups is 1. The Morgan fingerprint density at radius 3 is 2.36 bits per heavy atom. The number of nitrogens with zero attached hydrogens (tertiary/aromatic N) is 2. The van der Waals surface area contributed by atoms with Crippen molar-refractivity contribution < 1.29 is 4.79 Å². The van der Waals surface area contributed by atoms with E-state index in [9.17, 15) is 4.79 Å². The number of rotatable bonds is 3. The maximum Gasteiger partial charge on any atom is 0.222 e. The third kappa shape index (κ3) is 4.26. The van der Waals surface area contributed by atoms with Crippen LogP contribution in [-0.2, 0) is 4.79 Å². The Hall–Kier alpha value is -0.320. The molecule has 0 bridgehead atoms. The van der Waals surface area contributed by atoms with Crippen molar-refractivity contribution in [3.8, 4) is 0 Å². The predicted octanol–water partition coefficient (Wildman–Crippen LogP) is -0.0789. The molecule has 0 aromatic rings. The predicted molar refractivity (Wildman–Crippen MR) is 59.6 cm³/mol. The van der Waals surface area contributed by atoms with Crippen molar-refractivity contribution in [3.05, 3.63) is 0 Å². The fourth-order valence-corrected chi connectivity index (χ4v) is 1.47. The summed E-state index contributed by atoms with van der Waals surface area (Å²) in [6.07, 6.45) is 1.42. The van der Waals surface area contributed by atoms with Gasteiger partial charge in [0.15, 0.2) is 0 Å². The minimum atomic E-state index is 0. The number of nitrogens with two attached hydrogens (primary N) is 1. The molecular weight excluding hydrogens is 202 g/mol. The van der Waals surface area contributed by atoms with E-state index in [2.05, 4.69) is 11.9 Å². The Balaban J connectivity index is 0.00000169. The van der Waals surface area contributed by atoms with E-state index in [1.807, 2.05) is 4.90 Å². The quantitative estimate of drug-likeness (QED) is 0.726. The highest BCUT2D eigenvalue weighted by atomic mass is 35.5. The lowest BCUT2D eigenvalue weighted by Crippen LogP contribution is -2.47. The van der Waals surface area contributed by atoms with Gasteiger partial charge in [0.05, 0.1) is 0 Å². The number of hydrogen-bond acceptors (Lipinski definition) is 3. The molecule has 1 rings (SSSR count). The van der Waals surface area contributed by atoms with Gasteiger partial charge in [0.1, 0.15) is 0 Å². The van der Waals surface area contributed by atoms with Gasteiger partial charge in [-0.15, -0.1) is 12.4 Å². The number of likely N-dealkylation sites (N-methyl/N-ethyl adjacent to an activating group) is 1. The van der Waals surface area contributed by atoms with E-state index in [0.29, 0.717) is 13.0 Å². The molecule has 0 unspecified atom stereocenters. The van der Waals surface area contributed by atoms with Crippen molar-refractivity contribution in [1.29, 1.82) is 0 Å². The van der Waals surface area contributed by atoms with E-state index in [-0.39, 0.29) is 18.3 Å². The molecule has 2 N–H and O–H groups in total. The first-order valence-electron chi connectivity index (χ1n) is 4.90. The van der Waals surface area contributed by atoms with Gasteiger partial charge in [-0.2, -0.15) is 0 Å². The fourth-order valence-electron chi connectivity index (χ4n) is 1.47. The van der Waals surface area contributed by atoms with E-state index in [1.165, 1.54) is 0 Å². The SMILES string of the molecule is CN1CCN(C(=O)CCCN)CC1.Cl. The van der Waals surface area contributed by atoms with Crippen LogP contribution in [0.25, 0.3) is 0 Å². The zero-order chi connectivity index (χ0) is 9.68. The second-order valence-electron chi connectivity index (χ2n) is 3.58. The first-order chi connectivity index (χ1) is 6.24. The van der Waals surface area contributed by atoms with E-state index in [0.717, 1.165) is 32.6 Å². The summed E-state index contributed by atoms with van der Waals surface area (Å²) in [5, 5.41) is 0. The number of amides is 1. The lowest BCUT2D eigenvalue weighted by atomic mass is 10.2. The average Bonchev–Trinajstić information content (AvgIpc) is 2.15. The summed E-state index contributed by atoms with van der Waals surface area (Å²) in [5.74, 6) is 0.263. The van der Waals surface area contributed by atoms with Crippen LogP contribution in [0.5, 0.6) is 0 Å². The topological polar surface area (TPSA) is 49.6 Å². The van der Waals surface area contributed by atoms with E-state index in [4.69, 9.17) is 5.73 Å². The van der Waals surface area contributed by atoms with Gasteiger partial charge in [-0.3, -0.25) is 4.79 Å². The summed E-state index contributed by atoms with van der Waals surface area (Å²) in [6.45, 7) is 4.35. The zero-order valence-electron chi connectivity index (χ0n) is 8.74. The highest BCUT2D eigenvalue weighted by Crippen LogP contribution is 2.02.